The lowest BCUT2D eigenvalue weighted by molar-refractivity contribution is -0.114. The van der Waals surface area contributed by atoms with Gasteiger partial charge in [0, 0.05) is 5.41 Å². The van der Waals surface area contributed by atoms with Crippen LogP contribution in [0.25, 0.3) is 0 Å². The van der Waals surface area contributed by atoms with Gasteiger partial charge in [-0.15, -0.1) is 0 Å². The van der Waals surface area contributed by atoms with Gasteiger partial charge in [0.15, 0.2) is 0 Å². The molecule has 0 aromatic rings. The van der Waals surface area contributed by atoms with E-state index in [0.717, 1.165) is 36.0 Å². The van der Waals surface area contributed by atoms with Crippen LogP contribution in [0.15, 0.2) is 11.6 Å². The Morgan fingerprint density at radius 1 is 1.00 bits per heavy atom. The zero-order valence-electron chi connectivity index (χ0n) is 20.2. The molecule has 3 saturated carbocycles. The van der Waals surface area contributed by atoms with Crippen molar-refractivity contribution in [2.24, 2.45) is 52.3 Å². The van der Waals surface area contributed by atoms with E-state index in [1.165, 1.54) is 57.8 Å². The molecule has 3 fully saturated rings. The molecule has 0 saturated heterocycles. The maximum Gasteiger partial charge on any atom is 0.0602 e. The van der Waals surface area contributed by atoms with Crippen LogP contribution in [0.4, 0.5) is 0 Å². The predicted molar refractivity (Wildman–Crippen MR) is 124 cm³/mol. The van der Waals surface area contributed by atoms with Crippen molar-refractivity contribution < 1.29 is 5.11 Å². The zero-order chi connectivity index (χ0) is 21.0. The summed E-state index contributed by atoms with van der Waals surface area (Å²) in [6.45, 7) is 14.9. The summed E-state index contributed by atoms with van der Waals surface area (Å²) >= 11 is 0. The molecule has 3 unspecified atom stereocenters. The maximum absolute atomic E-state index is 11.2. The topological polar surface area (TPSA) is 20.2 Å². The van der Waals surface area contributed by atoms with Crippen molar-refractivity contribution in [3.63, 3.8) is 0 Å². The quantitative estimate of drug-likeness (QED) is 0.470. The molecular weight excluding hydrogens is 352 g/mol. The number of rotatable bonds is 5. The fourth-order valence-electron chi connectivity index (χ4n) is 9.01. The first-order valence-electron chi connectivity index (χ1n) is 13.1. The largest absolute Gasteiger partial charge is 0.393 e. The van der Waals surface area contributed by atoms with Crippen molar-refractivity contribution >= 4 is 0 Å². The minimum atomic E-state index is -0.0890. The van der Waals surface area contributed by atoms with Crippen molar-refractivity contribution in [1.82, 2.24) is 0 Å². The lowest BCUT2D eigenvalue weighted by atomic mass is 9.45. The van der Waals surface area contributed by atoms with Crippen LogP contribution in [0.1, 0.15) is 106 Å². The summed E-state index contributed by atoms with van der Waals surface area (Å²) in [4.78, 5) is 0. The molecule has 4 rings (SSSR count). The van der Waals surface area contributed by atoms with Crippen LogP contribution in [-0.2, 0) is 0 Å². The average Bonchev–Trinajstić information content (AvgIpc) is 3.02. The molecule has 0 bridgehead atoms. The molecule has 0 aromatic carbocycles. The SMILES string of the molecule is CC(C)CCC[C@@H](C)[C@H]1CC[C@H]2C3=CCC4C(C)CCC(O)[C@]4(C)[C@H]3CC[C@]12C. The van der Waals surface area contributed by atoms with Crippen LogP contribution in [-0.4, -0.2) is 11.2 Å². The van der Waals surface area contributed by atoms with Crippen LogP contribution in [0.5, 0.6) is 0 Å². The number of aliphatic hydroxyl groups excluding tert-OH is 1. The Bertz CT molecular complexity index is 620. The average molecular weight is 401 g/mol. The van der Waals surface area contributed by atoms with E-state index >= 15 is 0 Å². The first-order chi connectivity index (χ1) is 13.7. The van der Waals surface area contributed by atoms with Gasteiger partial charge in [-0.2, -0.15) is 0 Å². The Morgan fingerprint density at radius 3 is 2.48 bits per heavy atom. The normalized spacial score (nSPS) is 47.9. The monoisotopic (exact) mass is 400 g/mol. The smallest absolute Gasteiger partial charge is 0.0602 e. The molecule has 1 N–H and O–H groups in total. The van der Waals surface area contributed by atoms with Gasteiger partial charge in [0.25, 0.3) is 0 Å². The molecule has 0 amide bonds. The molecule has 0 aliphatic heterocycles. The summed E-state index contributed by atoms with van der Waals surface area (Å²) in [5, 5.41) is 11.2. The molecule has 166 valence electrons. The Morgan fingerprint density at radius 2 is 1.76 bits per heavy atom. The number of hydrogen-bond donors (Lipinski definition) is 1. The lowest BCUT2D eigenvalue weighted by Gasteiger charge is -2.60. The summed E-state index contributed by atoms with van der Waals surface area (Å²) < 4.78 is 0. The number of aliphatic hydroxyl groups is 1. The van der Waals surface area contributed by atoms with E-state index in [1.54, 1.807) is 5.57 Å². The summed E-state index contributed by atoms with van der Waals surface area (Å²) in [5.74, 6) is 5.52. The van der Waals surface area contributed by atoms with Crippen molar-refractivity contribution in [2.45, 2.75) is 112 Å². The number of allylic oxidation sites excluding steroid dienone is 2. The number of hydrogen-bond acceptors (Lipinski definition) is 1. The van der Waals surface area contributed by atoms with Crippen molar-refractivity contribution in [3.8, 4) is 0 Å². The van der Waals surface area contributed by atoms with Crippen LogP contribution < -0.4 is 0 Å². The fourth-order valence-corrected chi connectivity index (χ4v) is 9.01. The third kappa shape index (κ3) is 3.46. The standard InChI is InChI=1S/C28H48O/c1-18(2)8-7-9-19(3)22-13-14-24-21-11-12-23-20(4)10-15-26(29)28(23,6)25(21)16-17-27(22,24)5/h11,18-20,22-26,29H,7-10,12-17H2,1-6H3/t19-,20?,22-,23?,24+,25+,26?,27-,28+/m1/s1. The Hall–Kier alpha value is -0.300. The van der Waals surface area contributed by atoms with Crippen LogP contribution >= 0.6 is 0 Å². The van der Waals surface area contributed by atoms with Crippen LogP contribution in [0.2, 0.25) is 0 Å². The van der Waals surface area contributed by atoms with E-state index in [9.17, 15) is 5.11 Å². The van der Waals surface area contributed by atoms with E-state index in [1.807, 2.05) is 0 Å². The Labute approximate surface area is 181 Å². The molecule has 4 aliphatic carbocycles. The van der Waals surface area contributed by atoms with Crippen molar-refractivity contribution in [2.75, 3.05) is 0 Å². The molecule has 1 heteroatoms. The first kappa shape index (κ1) is 21.9. The lowest BCUT2D eigenvalue weighted by Crippen LogP contribution is -2.55. The van der Waals surface area contributed by atoms with Crippen molar-refractivity contribution in [1.29, 1.82) is 0 Å². The molecule has 0 spiro atoms. The Balaban J connectivity index is 1.54. The summed E-state index contributed by atoms with van der Waals surface area (Å²) in [7, 11) is 0. The van der Waals surface area contributed by atoms with Gasteiger partial charge in [0.05, 0.1) is 6.10 Å². The van der Waals surface area contributed by atoms with Gasteiger partial charge in [0.1, 0.15) is 0 Å². The summed E-state index contributed by atoms with van der Waals surface area (Å²) in [6, 6.07) is 0. The molecule has 4 aliphatic rings. The molecule has 1 nitrogen and oxygen atoms in total. The number of fused-ring (bicyclic) bond motifs is 5. The molecule has 9 atom stereocenters. The van der Waals surface area contributed by atoms with Gasteiger partial charge in [-0.3, -0.25) is 0 Å². The highest BCUT2D eigenvalue weighted by Crippen LogP contribution is 2.67. The van der Waals surface area contributed by atoms with Gasteiger partial charge in [-0.05, 0) is 91.8 Å². The highest BCUT2D eigenvalue weighted by atomic mass is 16.3. The maximum atomic E-state index is 11.2. The second kappa shape index (κ2) is 7.99. The molecule has 0 heterocycles. The predicted octanol–water partition coefficient (Wildman–Crippen LogP) is 7.63. The van der Waals surface area contributed by atoms with Crippen LogP contribution in [0.3, 0.4) is 0 Å². The van der Waals surface area contributed by atoms with Gasteiger partial charge < -0.3 is 5.11 Å². The van der Waals surface area contributed by atoms with Gasteiger partial charge >= 0.3 is 0 Å². The Kier molecular flexibility index (Phi) is 6.04. The fraction of sp³-hybridized carbons (Fsp3) is 0.929. The highest BCUT2D eigenvalue weighted by molar-refractivity contribution is 5.28. The first-order valence-corrected chi connectivity index (χ1v) is 13.1. The highest BCUT2D eigenvalue weighted by Gasteiger charge is 2.60. The minimum Gasteiger partial charge on any atom is -0.393 e. The third-order valence-electron chi connectivity index (χ3n) is 10.8. The molecule has 0 radical (unpaired) electrons. The third-order valence-corrected chi connectivity index (χ3v) is 10.8. The van der Waals surface area contributed by atoms with E-state index in [4.69, 9.17) is 0 Å². The molecular formula is C28H48O. The second-order valence-corrected chi connectivity index (χ2v) is 12.6. The van der Waals surface area contributed by atoms with Gasteiger partial charge in [-0.25, -0.2) is 0 Å². The minimum absolute atomic E-state index is 0.0890. The van der Waals surface area contributed by atoms with Gasteiger partial charge in [0.2, 0.25) is 0 Å². The van der Waals surface area contributed by atoms with Crippen LogP contribution in [0, 0.1) is 52.3 Å². The van der Waals surface area contributed by atoms with E-state index < -0.39 is 0 Å². The van der Waals surface area contributed by atoms with Gasteiger partial charge in [-0.1, -0.05) is 72.5 Å². The van der Waals surface area contributed by atoms with E-state index in [0.29, 0.717) is 17.3 Å². The summed E-state index contributed by atoms with van der Waals surface area (Å²) in [6.07, 6.45) is 15.8. The second-order valence-electron chi connectivity index (χ2n) is 12.6. The zero-order valence-corrected chi connectivity index (χ0v) is 20.2. The van der Waals surface area contributed by atoms with Crippen molar-refractivity contribution in [3.05, 3.63) is 11.6 Å². The van der Waals surface area contributed by atoms with E-state index in [2.05, 4.69) is 47.6 Å². The summed E-state index contributed by atoms with van der Waals surface area (Å²) in [5.41, 5.74) is 2.43. The molecule has 29 heavy (non-hydrogen) atoms. The molecule has 0 aromatic heterocycles. The van der Waals surface area contributed by atoms with E-state index in [-0.39, 0.29) is 11.5 Å².